The fraction of sp³-hybridized carbons (Fsp3) is 0.455. The molecule has 15 heavy (non-hydrogen) atoms. The van der Waals surface area contributed by atoms with Gasteiger partial charge in [0, 0.05) is 6.20 Å². The number of nitrogens with one attached hydrogen (secondary N) is 1. The first-order chi connectivity index (χ1) is 7.19. The summed E-state index contributed by atoms with van der Waals surface area (Å²) < 4.78 is 0. The van der Waals surface area contributed by atoms with Crippen molar-refractivity contribution < 1.29 is 0 Å². The van der Waals surface area contributed by atoms with Crippen LogP contribution in [0.3, 0.4) is 0 Å². The van der Waals surface area contributed by atoms with E-state index in [0.717, 1.165) is 29.7 Å². The number of aromatic amines is 1. The number of pyridine rings is 1. The Bertz CT molecular complexity index is 423. The molecule has 3 N–H and O–H groups in total. The van der Waals surface area contributed by atoms with Crippen LogP contribution in [0.4, 0.5) is 0 Å². The minimum atomic E-state index is -0.348. The maximum absolute atomic E-state index is 6.27. The fourth-order valence-corrected chi connectivity index (χ4v) is 1.68. The minimum absolute atomic E-state index is 0.348. The second kappa shape index (κ2) is 3.62. The van der Waals surface area contributed by atoms with Crippen molar-refractivity contribution in [3.63, 3.8) is 0 Å². The smallest absolute Gasteiger partial charge is 0.127 e. The molecule has 4 heteroatoms. The van der Waals surface area contributed by atoms with E-state index in [9.17, 15) is 0 Å². The number of nitrogens with zero attached hydrogens (tertiary/aromatic N) is 2. The number of hydrogen-bond donors (Lipinski definition) is 2. The van der Waals surface area contributed by atoms with E-state index in [4.69, 9.17) is 5.73 Å². The van der Waals surface area contributed by atoms with Crippen LogP contribution in [0, 0.1) is 0 Å². The number of imidazole rings is 1. The van der Waals surface area contributed by atoms with Crippen molar-refractivity contribution in [2.75, 3.05) is 0 Å². The number of aromatic nitrogens is 3. The first-order valence-electron chi connectivity index (χ1n) is 5.28. The summed E-state index contributed by atoms with van der Waals surface area (Å²) in [5.41, 5.74) is 7.80. The summed E-state index contributed by atoms with van der Waals surface area (Å²) in [5.74, 6) is 0.857. The molecule has 2 aromatic heterocycles. The monoisotopic (exact) mass is 204 g/mol. The molecule has 4 nitrogen and oxygen atoms in total. The van der Waals surface area contributed by atoms with Gasteiger partial charge in [-0.25, -0.2) is 4.98 Å². The second-order valence-electron chi connectivity index (χ2n) is 3.84. The Kier molecular flexibility index (Phi) is 2.44. The second-order valence-corrected chi connectivity index (χ2v) is 3.84. The van der Waals surface area contributed by atoms with Crippen molar-refractivity contribution in [3.05, 3.63) is 24.3 Å². The van der Waals surface area contributed by atoms with Crippen LogP contribution in [-0.2, 0) is 5.54 Å². The third-order valence-electron chi connectivity index (χ3n) is 3.02. The molecule has 0 aliphatic heterocycles. The third kappa shape index (κ3) is 1.61. The van der Waals surface area contributed by atoms with Gasteiger partial charge in [0.15, 0.2) is 0 Å². The highest BCUT2D eigenvalue weighted by Gasteiger charge is 2.26. The molecule has 0 aromatic carbocycles. The molecule has 0 bridgehead atoms. The zero-order chi connectivity index (χ0) is 10.9. The summed E-state index contributed by atoms with van der Waals surface area (Å²) in [7, 11) is 0. The molecule has 0 aliphatic carbocycles. The predicted molar refractivity (Wildman–Crippen MR) is 60.3 cm³/mol. The molecule has 0 spiro atoms. The van der Waals surface area contributed by atoms with Crippen LogP contribution in [0.15, 0.2) is 18.5 Å². The van der Waals surface area contributed by atoms with Crippen molar-refractivity contribution in [3.8, 4) is 0 Å². The maximum Gasteiger partial charge on any atom is 0.127 e. The molecule has 0 saturated heterocycles. The Morgan fingerprint density at radius 1 is 1.40 bits per heavy atom. The zero-order valence-electron chi connectivity index (χ0n) is 9.12. The SMILES string of the molecule is CCC(N)(CC)c1nc2ccncc2[nH]1. The predicted octanol–water partition coefficient (Wildman–Crippen LogP) is 1.93. The van der Waals surface area contributed by atoms with E-state index < -0.39 is 0 Å². The van der Waals surface area contributed by atoms with Gasteiger partial charge in [-0.15, -0.1) is 0 Å². The summed E-state index contributed by atoms with van der Waals surface area (Å²) in [5, 5.41) is 0. The number of nitrogens with two attached hydrogens (primary N) is 1. The summed E-state index contributed by atoms with van der Waals surface area (Å²) in [6.45, 7) is 4.16. The van der Waals surface area contributed by atoms with Gasteiger partial charge in [0.25, 0.3) is 0 Å². The normalized spacial score (nSPS) is 12.2. The van der Waals surface area contributed by atoms with Gasteiger partial charge < -0.3 is 10.7 Å². The zero-order valence-corrected chi connectivity index (χ0v) is 9.12. The Morgan fingerprint density at radius 2 is 2.13 bits per heavy atom. The van der Waals surface area contributed by atoms with Crippen molar-refractivity contribution in [1.82, 2.24) is 15.0 Å². The van der Waals surface area contributed by atoms with Crippen molar-refractivity contribution in [2.45, 2.75) is 32.2 Å². The van der Waals surface area contributed by atoms with E-state index in [1.54, 1.807) is 12.4 Å². The Balaban J connectivity index is 2.52. The van der Waals surface area contributed by atoms with E-state index in [0.29, 0.717) is 0 Å². The van der Waals surface area contributed by atoms with Crippen LogP contribution in [0.1, 0.15) is 32.5 Å². The number of rotatable bonds is 3. The molecular weight excluding hydrogens is 188 g/mol. The number of fused-ring (bicyclic) bond motifs is 1. The first-order valence-corrected chi connectivity index (χ1v) is 5.28. The fourth-order valence-electron chi connectivity index (χ4n) is 1.68. The number of H-pyrrole nitrogens is 1. The quantitative estimate of drug-likeness (QED) is 0.802. The highest BCUT2D eigenvalue weighted by atomic mass is 15.0. The molecule has 0 aliphatic rings. The number of hydrogen-bond acceptors (Lipinski definition) is 3. The molecule has 0 amide bonds. The lowest BCUT2D eigenvalue weighted by Crippen LogP contribution is -2.36. The van der Waals surface area contributed by atoms with Gasteiger partial charge in [-0.3, -0.25) is 4.98 Å². The molecule has 0 saturated carbocycles. The largest absolute Gasteiger partial charge is 0.339 e. The molecule has 2 rings (SSSR count). The Labute approximate surface area is 88.9 Å². The Hall–Kier alpha value is -1.42. The summed E-state index contributed by atoms with van der Waals surface area (Å²) in [6, 6.07) is 1.89. The van der Waals surface area contributed by atoms with Crippen LogP contribution < -0.4 is 5.73 Å². The molecule has 0 fully saturated rings. The van der Waals surface area contributed by atoms with Crippen LogP contribution in [-0.4, -0.2) is 15.0 Å². The van der Waals surface area contributed by atoms with Crippen LogP contribution in [0.5, 0.6) is 0 Å². The molecule has 2 aromatic rings. The lowest BCUT2D eigenvalue weighted by atomic mass is 9.93. The summed E-state index contributed by atoms with van der Waals surface area (Å²) >= 11 is 0. The van der Waals surface area contributed by atoms with Crippen LogP contribution in [0.25, 0.3) is 11.0 Å². The average molecular weight is 204 g/mol. The van der Waals surface area contributed by atoms with Crippen molar-refractivity contribution in [1.29, 1.82) is 0 Å². The Morgan fingerprint density at radius 3 is 2.73 bits per heavy atom. The van der Waals surface area contributed by atoms with Crippen molar-refractivity contribution >= 4 is 11.0 Å². The lowest BCUT2D eigenvalue weighted by molar-refractivity contribution is 0.392. The van der Waals surface area contributed by atoms with E-state index in [1.807, 2.05) is 6.07 Å². The molecular formula is C11H16N4. The van der Waals surface area contributed by atoms with Gasteiger partial charge >= 0.3 is 0 Å². The average Bonchev–Trinajstić information content (AvgIpc) is 2.72. The maximum atomic E-state index is 6.27. The molecule has 0 unspecified atom stereocenters. The van der Waals surface area contributed by atoms with Gasteiger partial charge in [0.05, 0.1) is 22.8 Å². The molecule has 0 radical (unpaired) electrons. The minimum Gasteiger partial charge on any atom is -0.339 e. The molecule has 2 heterocycles. The highest BCUT2D eigenvalue weighted by Crippen LogP contribution is 2.24. The standard InChI is InChI=1S/C11H16N4/c1-3-11(12,4-2)10-14-8-5-6-13-7-9(8)15-10/h5-7H,3-4,12H2,1-2H3,(H,14,15). The van der Waals surface area contributed by atoms with E-state index in [1.165, 1.54) is 0 Å². The van der Waals surface area contributed by atoms with Crippen LogP contribution >= 0.6 is 0 Å². The van der Waals surface area contributed by atoms with Gasteiger partial charge in [-0.05, 0) is 18.9 Å². The first kappa shape index (κ1) is 10.1. The van der Waals surface area contributed by atoms with Crippen molar-refractivity contribution in [2.24, 2.45) is 5.73 Å². The lowest BCUT2D eigenvalue weighted by Gasteiger charge is -2.23. The molecule has 80 valence electrons. The topological polar surface area (TPSA) is 67.6 Å². The van der Waals surface area contributed by atoms with E-state index >= 15 is 0 Å². The molecule has 0 atom stereocenters. The summed E-state index contributed by atoms with van der Waals surface area (Å²) in [4.78, 5) is 11.8. The van der Waals surface area contributed by atoms with E-state index in [-0.39, 0.29) is 5.54 Å². The van der Waals surface area contributed by atoms with Gasteiger partial charge in [0.2, 0.25) is 0 Å². The van der Waals surface area contributed by atoms with E-state index in [2.05, 4.69) is 28.8 Å². The summed E-state index contributed by atoms with van der Waals surface area (Å²) in [6.07, 6.45) is 5.26. The van der Waals surface area contributed by atoms with Gasteiger partial charge in [0.1, 0.15) is 5.82 Å². The van der Waals surface area contributed by atoms with Crippen LogP contribution in [0.2, 0.25) is 0 Å². The van der Waals surface area contributed by atoms with Gasteiger partial charge in [-0.1, -0.05) is 13.8 Å². The third-order valence-corrected chi connectivity index (χ3v) is 3.02. The highest BCUT2D eigenvalue weighted by molar-refractivity contribution is 5.73. The van der Waals surface area contributed by atoms with Gasteiger partial charge in [-0.2, -0.15) is 0 Å².